The highest BCUT2D eigenvalue weighted by molar-refractivity contribution is 6.32. The van der Waals surface area contributed by atoms with E-state index in [1.165, 1.54) is 19.2 Å². The van der Waals surface area contributed by atoms with E-state index in [9.17, 15) is 9.59 Å². The van der Waals surface area contributed by atoms with Crippen molar-refractivity contribution < 1.29 is 19.1 Å². The lowest BCUT2D eigenvalue weighted by molar-refractivity contribution is -0.119. The van der Waals surface area contributed by atoms with E-state index in [-0.39, 0.29) is 34.6 Å². The highest BCUT2D eigenvalue weighted by Gasteiger charge is 2.18. The Balaban J connectivity index is 1.78. The third-order valence-corrected chi connectivity index (χ3v) is 3.75. The molecule has 144 valence electrons. The maximum Gasteiger partial charge on any atom is 0.258 e. The third kappa shape index (κ3) is 4.35. The van der Waals surface area contributed by atoms with E-state index in [0.717, 1.165) is 0 Å². The number of primary amides is 1. The number of halogens is 1. The van der Waals surface area contributed by atoms with E-state index >= 15 is 0 Å². The molecule has 0 fully saturated rings. The Labute approximate surface area is 164 Å². The molecule has 1 aromatic carbocycles. The van der Waals surface area contributed by atoms with Crippen LogP contribution in [0.1, 0.15) is 10.4 Å². The van der Waals surface area contributed by atoms with Crippen LogP contribution in [0.25, 0.3) is 11.5 Å². The van der Waals surface area contributed by atoms with Gasteiger partial charge < -0.3 is 15.2 Å². The summed E-state index contributed by atoms with van der Waals surface area (Å²) in [4.78, 5) is 31.7. The van der Waals surface area contributed by atoms with Gasteiger partial charge in [0.15, 0.2) is 23.9 Å². The highest BCUT2D eigenvalue weighted by Crippen LogP contribution is 2.36. The lowest BCUT2D eigenvalue weighted by Gasteiger charge is -2.13. The van der Waals surface area contributed by atoms with E-state index in [2.05, 4.69) is 25.5 Å². The number of methoxy groups -OCH3 is 1. The van der Waals surface area contributed by atoms with E-state index < -0.39 is 11.8 Å². The third-order valence-electron chi connectivity index (χ3n) is 3.47. The zero-order chi connectivity index (χ0) is 20.1. The Morgan fingerprint density at radius 2 is 2.14 bits per heavy atom. The van der Waals surface area contributed by atoms with Crippen LogP contribution in [0.4, 0.5) is 5.95 Å². The Bertz CT molecular complexity index is 1010. The molecule has 2 aromatic heterocycles. The topological polar surface area (TPSA) is 145 Å². The molecule has 0 radical (unpaired) electrons. The summed E-state index contributed by atoms with van der Waals surface area (Å²) in [5, 5.41) is 9.26. The first-order valence-electron chi connectivity index (χ1n) is 7.91. The molecule has 11 heteroatoms. The smallest absolute Gasteiger partial charge is 0.258 e. The first-order chi connectivity index (χ1) is 13.5. The summed E-state index contributed by atoms with van der Waals surface area (Å²) in [6.07, 6.45) is 1.62. The number of anilines is 1. The van der Waals surface area contributed by atoms with Crippen molar-refractivity contribution in [2.24, 2.45) is 5.73 Å². The fourth-order valence-corrected chi connectivity index (χ4v) is 2.51. The number of hydrogen-bond acceptors (Lipinski definition) is 7. The normalized spacial score (nSPS) is 10.4. The maximum absolute atomic E-state index is 12.5. The van der Waals surface area contributed by atoms with Crippen LogP contribution in [0.3, 0.4) is 0 Å². The van der Waals surface area contributed by atoms with Crippen molar-refractivity contribution in [3.8, 4) is 23.0 Å². The molecule has 2 heterocycles. The summed E-state index contributed by atoms with van der Waals surface area (Å²) in [6, 6.07) is 8.10. The van der Waals surface area contributed by atoms with Gasteiger partial charge >= 0.3 is 0 Å². The highest BCUT2D eigenvalue weighted by atomic mass is 35.5. The standard InChI is InChI=1S/C17H15ClN6O4/c1-27-12-7-9(6-10(18)14(12)28-8-13(19)25)16(26)22-17-21-15(23-24-17)11-4-2-3-5-20-11/h2-7H,8H2,1H3,(H2,19,25)(H2,21,22,23,24,26). The Morgan fingerprint density at radius 3 is 2.82 bits per heavy atom. The number of pyridine rings is 1. The average molecular weight is 403 g/mol. The number of nitrogens with zero attached hydrogens (tertiary/aromatic N) is 3. The van der Waals surface area contributed by atoms with Gasteiger partial charge in [-0.1, -0.05) is 17.7 Å². The molecule has 0 atom stereocenters. The number of nitrogens with one attached hydrogen (secondary N) is 2. The van der Waals surface area contributed by atoms with Gasteiger partial charge in [0.25, 0.3) is 11.8 Å². The van der Waals surface area contributed by atoms with Crippen molar-refractivity contribution >= 4 is 29.4 Å². The molecule has 2 amide bonds. The van der Waals surface area contributed by atoms with Crippen LogP contribution >= 0.6 is 11.6 Å². The second-order valence-electron chi connectivity index (χ2n) is 5.42. The Morgan fingerprint density at radius 1 is 1.32 bits per heavy atom. The first-order valence-corrected chi connectivity index (χ1v) is 8.29. The molecule has 0 aliphatic heterocycles. The number of benzene rings is 1. The molecule has 0 bridgehead atoms. The van der Waals surface area contributed by atoms with Gasteiger partial charge in [-0.3, -0.25) is 25.0 Å². The van der Waals surface area contributed by atoms with E-state index in [0.29, 0.717) is 11.5 Å². The summed E-state index contributed by atoms with van der Waals surface area (Å²) in [5.74, 6) is -0.448. The molecule has 28 heavy (non-hydrogen) atoms. The summed E-state index contributed by atoms with van der Waals surface area (Å²) in [7, 11) is 1.37. The van der Waals surface area contributed by atoms with Crippen molar-refractivity contribution in [3.05, 3.63) is 47.1 Å². The second kappa shape index (κ2) is 8.35. The van der Waals surface area contributed by atoms with Gasteiger partial charge in [-0.25, -0.2) is 0 Å². The minimum atomic E-state index is -0.673. The number of aromatic amines is 1. The van der Waals surface area contributed by atoms with Crippen LogP contribution in [0.2, 0.25) is 5.02 Å². The molecule has 4 N–H and O–H groups in total. The molecule has 0 saturated heterocycles. The molecular weight excluding hydrogens is 388 g/mol. The van der Waals surface area contributed by atoms with Gasteiger partial charge in [0, 0.05) is 11.8 Å². The number of H-pyrrole nitrogens is 1. The van der Waals surface area contributed by atoms with Crippen molar-refractivity contribution in [2.45, 2.75) is 0 Å². The summed E-state index contributed by atoms with van der Waals surface area (Å²) < 4.78 is 10.4. The fourth-order valence-electron chi connectivity index (χ4n) is 2.24. The van der Waals surface area contributed by atoms with E-state index in [1.807, 2.05) is 0 Å². The molecule has 0 saturated carbocycles. The number of ether oxygens (including phenoxy) is 2. The molecule has 0 aliphatic rings. The molecule has 0 aliphatic carbocycles. The molecule has 3 aromatic rings. The maximum atomic E-state index is 12.5. The predicted molar refractivity (Wildman–Crippen MR) is 100 cm³/mol. The van der Waals surface area contributed by atoms with Crippen LogP contribution in [0.5, 0.6) is 11.5 Å². The van der Waals surface area contributed by atoms with Gasteiger partial charge in [0.05, 0.1) is 12.1 Å². The molecule has 10 nitrogen and oxygen atoms in total. The molecule has 0 spiro atoms. The summed E-state index contributed by atoms with van der Waals surface area (Å²) >= 11 is 6.15. The number of rotatable bonds is 7. The lowest BCUT2D eigenvalue weighted by Crippen LogP contribution is -2.20. The molecule has 0 unspecified atom stereocenters. The number of carbonyl (C=O) groups excluding carboxylic acids is 2. The van der Waals surface area contributed by atoms with E-state index in [4.69, 9.17) is 26.8 Å². The van der Waals surface area contributed by atoms with Crippen LogP contribution in [-0.4, -0.2) is 45.7 Å². The largest absolute Gasteiger partial charge is 0.493 e. The average Bonchev–Trinajstić information content (AvgIpc) is 3.15. The van der Waals surface area contributed by atoms with Crippen LogP contribution in [0.15, 0.2) is 36.5 Å². The van der Waals surface area contributed by atoms with Crippen LogP contribution < -0.4 is 20.5 Å². The number of nitrogens with two attached hydrogens (primary N) is 1. The molecule has 3 rings (SSSR count). The second-order valence-corrected chi connectivity index (χ2v) is 5.83. The van der Waals surface area contributed by atoms with Crippen molar-refractivity contribution in [1.82, 2.24) is 20.2 Å². The summed E-state index contributed by atoms with van der Waals surface area (Å²) in [5.41, 5.74) is 5.81. The predicted octanol–water partition coefficient (Wildman–Crippen LogP) is 1.65. The zero-order valence-electron chi connectivity index (χ0n) is 14.6. The van der Waals surface area contributed by atoms with Gasteiger partial charge in [0.2, 0.25) is 5.95 Å². The Kier molecular flexibility index (Phi) is 5.70. The van der Waals surface area contributed by atoms with E-state index in [1.54, 1.807) is 24.4 Å². The minimum absolute atomic E-state index is 0.0646. The molecular formula is C17H15ClN6O4. The van der Waals surface area contributed by atoms with Crippen molar-refractivity contribution in [3.63, 3.8) is 0 Å². The number of amides is 2. The van der Waals surface area contributed by atoms with Crippen LogP contribution in [0, 0.1) is 0 Å². The fraction of sp³-hybridized carbons (Fsp3) is 0.118. The number of aromatic nitrogens is 4. The quantitative estimate of drug-likeness (QED) is 0.544. The van der Waals surface area contributed by atoms with Crippen molar-refractivity contribution in [2.75, 3.05) is 19.0 Å². The van der Waals surface area contributed by atoms with Crippen LogP contribution in [-0.2, 0) is 4.79 Å². The SMILES string of the molecule is COc1cc(C(=O)Nc2n[nH]c(-c3ccccn3)n2)cc(Cl)c1OCC(N)=O. The van der Waals surface area contributed by atoms with Gasteiger partial charge in [-0.05, 0) is 24.3 Å². The zero-order valence-corrected chi connectivity index (χ0v) is 15.4. The van der Waals surface area contributed by atoms with Gasteiger partial charge in [0.1, 0.15) is 5.69 Å². The Hall–Kier alpha value is -3.66. The lowest BCUT2D eigenvalue weighted by atomic mass is 10.2. The van der Waals surface area contributed by atoms with Crippen molar-refractivity contribution in [1.29, 1.82) is 0 Å². The van der Waals surface area contributed by atoms with Gasteiger partial charge in [-0.15, -0.1) is 5.10 Å². The number of carbonyl (C=O) groups is 2. The summed E-state index contributed by atoms with van der Waals surface area (Å²) in [6.45, 7) is -0.380. The van der Waals surface area contributed by atoms with Gasteiger partial charge in [-0.2, -0.15) is 4.98 Å². The number of hydrogen-bond donors (Lipinski definition) is 3. The minimum Gasteiger partial charge on any atom is -0.493 e. The monoisotopic (exact) mass is 402 g/mol. The first kappa shape index (κ1) is 19.1.